The van der Waals surface area contributed by atoms with Crippen molar-refractivity contribution >= 4 is 47.8 Å². The van der Waals surface area contributed by atoms with Gasteiger partial charge in [-0.15, -0.1) is 0 Å². The topological polar surface area (TPSA) is 237 Å². The van der Waals surface area contributed by atoms with E-state index < -0.39 is 90.4 Å². The van der Waals surface area contributed by atoms with E-state index in [1.165, 1.54) is 13.8 Å². The number of amides is 5. The Morgan fingerprint density at radius 2 is 1.11 bits per heavy atom. The number of rotatable bonds is 16. The highest BCUT2D eigenvalue weighted by atomic mass is 16.4. The van der Waals surface area contributed by atoms with Gasteiger partial charge in [-0.1, -0.05) is 27.7 Å². The van der Waals surface area contributed by atoms with Crippen LogP contribution in [0.4, 0.5) is 0 Å². The summed E-state index contributed by atoms with van der Waals surface area (Å²) in [4.78, 5) is 95.3. The number of carboxylic acid groups (broad SMARTS) is 2. The summed E-state index contributed by atoms with van der Waals surface area (Å²) in [7, 11) is 0. The Morgan fingerprint density at radius 1 is 0.632 bits per heavy atom. The van der Waals surface area contributed by atoms with Crippen molar-refractivity contribution in [3.05, 3.63) is 0 Å². The Kier molecular flexibility index (Phi) is 14.2. The first-order valence-electron chi connectivity index (χ1n) is 11.9. The smallest absolute Gasteiger partial charge is 0.305 e. The highest BCUT2D eigenvalue weighted by Crippen LogP contribution is 2.07. The minimum Gasteiger partial charge on any atom is -0.481 e. The van der Waals surface area contributed by atoms with Gasteiger partial charge in [-0.2, -0.15) is 0 Å². The molecule has 0 rings (SSSR count). The number of hydrogen-bond acceptors (Lipinski definition) is 8. The minimum absolute atomic E-state index is 0.240. The summed E-state index contributed by atoms with van der Waals surface area (Å²) in [5, 5.41) is 29.6. The molecule has 0 saturated carbocycles. The molecule has 0 saturated heterocycles. The molecule has 0 radical (unpaired) electrons. The molecule has 7 N–H and O–H groups in total. The van der Waals surface area contributed by atoms with E-state index in [1.54, 1.807) is 27.7 Å². The van der Waals surface area contributed by atoms with Crippen molar-refractivity contribution < 1.29 is 48.6 Å². The van der Waals surface area contributed by atoms with E-state index in [-0.39, 0.29) is 12.2 Å². The van der Waals surface area contributed by atoms with Crippen LogP contribution in [0.25, 0.3) is 0 Å². The summed E-state index contributed by atoms with van der Waals surface area (Å²) >= 11 is 0. The number of carboxylic acids is 2. The van der Waals surface area contributed by atoms with Gasteiger partial charge < -0.3 is 41.6 Å². The quantitative estimate of drug-likeness (QED) is 0.105. The molecule has 0 aliphatic rings. The fourth-order valence-electron chi connectivity index (χ4n) is 3.19. The van der Waals surface area contributed by atoms with Crippen molar-refractivity contribution in [2.24, 2.45) is 11.8 Å². The lowest BCUT2D eigenvalue weighted by Gasteiger charge is -2.27. The molecule has 0 bridgehead atoms. The van der Waals surface area contributed by atoms with Crippen LogP contribution in [0.3, 0.4) is 0 Å². The van der Waals surface area contributed by atoms with Crippen LogP contribution in [0.15, 0.2) is 0 Å². The Morgan fingerprint density at radius 3 is 1.53 bits per heavy atom. The van der Waals surface area contributed by atoms with Crippen molar-refractivity contribution in [1.82, 2.24) is 26.6 Å². The zero-order valence-electron chi connectivity index (χ0n) is 22.2. The van der Waals surface area contributed by atoms with Crippen LogP contribution >= 0.6 is 0 Å². The molecule has 214 valence electrons. The van der Waals surface area contributed by atoms with E-state index >= 15 is 0 Å². The van der Waals surface area contributed by atoms with Gasteiger partial charge in [-0.25, -0.2) is 0 Å². The average Bonchev–Trinajstić information content (AvgIpc) is 2.78. The normalized spacial score (nSPS) is 14.7. The van der Waals surface area contributed by atoms with Gasteiger partial charge in [0.1, 0.15) is 30.5 Å². The molecular formula is C23H37N5O10. The van der Waals surface area contributed by atoms with Gasteiger partial charge in [-0.05, 0) is 18.8 Å². The molecule has 5 unspecified atom stereocenters. The summed E-state index contributed by atoms with van der Waals surface area (Å²) in [6.45, 7) is 8.89. The summed E-state index contributed by atoms with van der Waals surface area (Å²) in [6, 6.07) is -6.43. The van der Waals surface area contributed by atoms with E-state index in [0.29, 0.717) is 0 Å². The Balaban J connectivity index is 5.55. The van der Waals surface area contributed by atoms with Crippen LogP contribution < -0.4 is 26.6 Å². The highest BCUT2D eigenvalue weighted by Gasteiger charge is 2.33. The van der Waals surface area contributed by atoms with Gasteiger partial charge in [0.15, 0.2) is 0 Å². The van der Waals surface area contributed by atoms with Crippen molar-refractivity contribution in [2.45, 2.75) is 84.6 Å². The summed E-state index contributed by atoms with van der Waals surface area (Å²) in [5.41, 5.74) is 0. The maximum Gasteiger partial charge on any atom is 0.305 e. The maximum absolute atomic E-state index is 12.9. The summed E-state index contributed by atoms with van der Waals surface area (Å²) in [6.07, 6.45) is -1.23. The van der Waals surface area contributed by atoms with Gasteiger partial charge in [0.2, 0.25) is 29.5 Å². The average molecular weight is 544 g/mol. The number of aldehydes is 1. The van der Waals surface area contributed by atoms with Crippen molar-refractivity contribution in [3.63, 3.8) is 0 Å². The first kappa shape index (κ1) is 34.0. The van der Waals surface area contributed by atoms with Crippen LogP contribution in [0.2, 0.25) is 0 Å². The molecule has 15 heteroatoms. The number of nitrogens with one attached hydrogen (secondary N) is 5. The van der Waals surface area contributed by atoms with Gasteiger partial charge in [0.05, 0.1) is 18.9 Å². The molecule has 0 aromatic carbocycles. The second kappa shape index (κ2) is 15.9. The fourth-order valence-corrected chi connectivity index (χ4v) is 3.19. The third-order valence-electron chi connectivity index (χ3n) is 5.21. The van der Waals surface area contributed by atoms with Crippen molar-refractivity contribution in [3.8, 4) is 0 Å². The minimum atomic E-state index is -1.59. The van der Waals surface area contributed by atoms with Crippen LogP contribution in [0.5, 0.6) is 0 Å². The van der Waals surface area contributed by atoms with Crippen LogP contribution in [-0.2, 0) is 38.4 Å². The number of carbonyl (C=O) groups excluding carboxylic acids is 6. The number of carbonyl (C=O) groups is 8. The van der Waals surface area contributed by atoms with Crippen LogP contribution in [0, 0.1) is 11.8 Å². The predicted molar refractivity (Wildman–Crippen MR) is 131 cm³/mol. The fraction of sp³-hybridized carbons (Fsp3) is 0.652. The highest BCUT2D eigenvalue weighted by molar-refractivity contribution is 5.97. The first-order valence-corrected chi connectivity index (χ1v) is 11.9. The SMILES string of the molecule is CC(=O)NC(C(=O)NC(CC(=O)O)C(=O)NC(C(=O)NC(C)C(=O)NC(C=O)CC(=O)O)C(C)C)C(C)C. The standard InChI is InChI=1S/C23H37N5O10/c1-10(2)18(25-13(6)30)23(38)27-15(8-17(33)34)21(36)28-19(11(3)4)22(37)24-12(5)20(35)26-14(9-29)7-16(31)32/h9-12,14-15,18-19H,7-8H2,1-6H3,(H,24,37)(H,25,30)(H,26,35)(H,27,38)(H,28,36)(H,31,32)(H,33,34). The molecule has 5 amide bonds. The molecule has 0 fully saturated rings. The molecule has 5 atom stereocenters. The number of hydrogen-bond donors (Lipinski definition) is 7. The van der Waals surface area contributed by atoms with Gasteiger partial charge >= 0.3 is 11.9 Å². The number of aliphatic carboxylic acids is 2. The first-order chi connectivity index (χ1) is 17.5. The molecule has 0 aliphatic heterocycles. The van der Waals surface area contributed by atoms with E-state index in [2.05, 4.69) is 26.6 Å². The van der Waals surface area contributed by atoms with E-state index in [1.807, 2.05) is 0 Å². The largest absolute Gasteiger partial charge is 0.481 e. The lowest BCUT2D eigenvalue weighted by atomic mass is 10.0. The van der Waals surface area contributed by atoms with E-state index in [4.69, 9.17) is 5.11 Å². The van der Waals surface area contributed by atoms with Crippen molar-refractivity contribution in [1.29, 1.82) is 0 Å². The Labute approximate surface area is 219 Å². The molecule has 0 aliphatic carbocycles. The third kappa shape index (κ3) is 12.3. The molecule has 15 nitrogen and oxygen atoms in total. The second-order valence-electron chi connectivity index (χ2n) is 9.39. The lowest BCUT2D eigenvalue weighted by Crippen LogP contribution is -2.60. The zero-order chi connectivity index (χ0) is 29.7. The molecule has 38 heavy (non-hydrogen) atoms. The van der Waals surface area contributed by atoms with E-state index in [0.717, 1.165) is 0 Å². The third-order valence-corrected chi connectivity index (χ3v) is 5.21. The maximum atomic E-state index is 12.9. The van der Waals surface area contributed by atoms with Gasteiger partial charge in [-0.3, -0.25) is 33.6 Å². The van der Waals surface area contributed by atoms with Crippen LogP contribution in [-0.4, -0.2) is 88.2 Å². The molecule has 0 aromatic heterocycles. The van der Waals surface area contributed by atoms with Gasteiger partial charge in [0, 0.05) is 6.92 Å². The molecule has 0 heterocycles. The summed E-state index contributed by atoms with van der Waals surface area (Å²) in [5.74, 6) is -7.62. The monoisotopic (exact) mass is 543 g/mol. The van der Waals surface area contributed by atoms with Crippen molar-refractivity contribution in [2.75, 3.05) is 0 Å². The van der Waals surface area contributed by atoms with E-state index in [9.17, 15) is 43.5 Å². The molecular weight excluding hydrogens is 506 g/mol. The van der Waals surface area contributed by atoms with Crippen LogP contribution in [0.1, 0.15) is 54.4 Å². The second-order valence-corrected chi connectivity index (χ2v) is 9.39. The molecule has 0 spiro atoms. The Hall–Kier alpha value is -4.04. The lowest BCUT2D eigenvalue weighted by molar-refractivity contribution is -0.142. The summed E-state index contributed by atoms with van der Waals surface area (Å²) < 4.78 is 0. The zero-order valence-corrected chi connectivity index (χ0v) is 22.2. The van der Waals surface area contributed by atoms with Gasteiger partial charge in [0.25, 0.3) is 0 Å². The molecule has 0 aromatic rings. The Bertz CT molecular complexity index is 920. The predicted octanol–water partition coefficient (Wildman–Crippen LogP) is -2.09.